The van der Waals surface area contributed by atoms with Gasteiger partial charge in [0, 0.05) is 19.7 Å². The summed E-state index contributed by atoms with van der Waals surface area (Å²) in [6.07, 6.45) is 3.65. The lowest BCUT2D eigenvalue weighted by atomic mass is 10.1. The number of hydrogen-bond donors (Lipinski definition) is 0. The van der Waals surface area contributed by atoms with E-state index in [0.29, 0.717) is 23.6 Å². The Morgan fingerprint density at radius 2 is 2.05 bits per heavy atom. The quantitative estimate of drug-likeness (QED) is 0.809. The van der Waals surface area contributed by atoms with Crippen LogP contribution in [0, 0.1) is 5.92 Å². The van der Waals surface area contributed by atoms with Crippen molar-refractivity contribution in [3.05, 3.63) is 23.8 Å². The highest BCUT2D eigenvalue weighted by molar-refractivity contribution is 5.98. The van der Waals surface area contributed by atoms with Crippen molar-refractivity contribution >= 4 is 5.91 Å². The zero-order valence-corrected chi connectivity index (χ0v) is 13.2. The smallest absolute Gasteiger partial charge is 0.257 e. The van der Waals surface area contributed by atoms with Gasteiger partial charge in [-0.25, -0.2) is 0 Å². The summed E-state index contributed by atoms with van der Waals surface area (Å²) in [4.78, 5) is 14.6. The van der Waals surface area contributed by atoms with E-state index in [1.165, 1.54) is 12.8 Å². The van der Waals surface area contributed by atoms with E-state index in [1.54, 1.807) is 26.4 Å². The van der Waals surface area contributed by atoms with Crippen molar-refractivity contribution in [3.8, 4) is 11.5 Å². The fourth-order valence-corrected chi connectivity index (χ4v) is 2.83. The summed E-state index contributed by atoms with van der Waals surface area (Å²) >= 11 is 0. The van der Waals surface area contributed by atoms with E-state index >= 15 is 0 Å². The summed E-state index contributed by atoms with van der Waals surface area (Å²) in [6, 6.07) is 5.38. The molecule has 1 aromatic rings. The molecule has 1 atom stereocenters. The molecule has 1 unspecified atom stereocenters. The molecule has 120 valence electrons. The zero-order chi connectivity index (χ0) is 15.5. The maximum atomic E-state index is 12.7. The van der Waals surface area contributed by atoms with Crippen molar-refractivity contribution in [2.24, 2.45) is 5.92 Å². The number of benzene rings is 1. The number of para-hydroxylation sites is 1. The fraction of sp³-hybridized carbons (Fsp3) is 0.588. The number of likely N-dealkylation sites (tertiary alicyclic amines) is 1. The third kappa shape index (κ3) is 3.19. The maximum absolute atomic E-state index is 12.7. The average molecular weight is 305 g/mol. The van der Waals surface area contributed by atoms with Gasteiger partial charge in [-0.05, 0) is 37.3 Å². The Kier molecular flexibility index (Phi) is 4.52. The Morgan fingerprint density at radius 1 is 1.23 bits per heavy atom. The number of nitrogens with zero attached hydrogens (tertiary/aromatic N) is 1. The first-order valence-electron chi connectivity index (χ1n) is 7.84. The lowest BCUT2D eigenvalue weighted by molar-refractivity contribution is 0.0479. The highest BCUT2D eigenvalue weighted by Crippen LogP contribution is 2.33. The monoisotopic (exact) mass is 305 g/mol. The van der Waals surface area contributed by atoms with Gasteiger partial charge in [-0.3, -0.25) is 4.79 Å². The first kappa shape index (κ1) is 15.2. The third-order valence-corrected chi connectivity index (χ3v) is 4.33. The Hall–Kier alpha value is -1.75. The molecular weight excluding hydrogens is 282 g/mol. The molecule has 0 N–H and O–H groups in total. The number of carbonyl (C=O) groups excluding carboxylic acids is 1. The van der Waals surface area contributed by atoms with Crippen molar-refractivity contribution in [1.29, 1.82) is 0 Å². The van der Waals surface area contributed by atoms with Crippen LogP contribution in [0.15, 0.2) is 18.2 Å². The molecule has 1 saturated heterocycles. The number of ether oxygens (including phenoxy) is 3. The standard InChI is InChI=1S/C17H23NO4/c1-20-15-5-3-4-14(16(15)21-2)17(19)18-9-8-13(10-18)22-11-12-6-7-12/h3-5,12-13H,6-11H2,1-2H3. The molecule has 0 aromatic heterocycles. The van der Waals surface area contributed by atoms with Gasteiger partial charge in [-0.1, -0.05) is 6.07 Å². The lowest BCUT2D eigenvalue weighted by Gasteiger charge is -2.19. The largest absolute Gasteiger partial charge is 0.493 e. The van der Waals surface area contributed by atoms with Crippen molar-refractivity contribution in [2.75, 3.05) is 33.9 Å². The predicted octanol–water partition coefficient (Wildman–Crippen LogP) is 2.34. The van der Waals surface area contributed by atoms with Gasteiger partial charge in [0.25, 0.3) is 5.91 Å². The van der Waals surface area contributed by atoms with Crippen LogP contribution in [0.3, 0.4) is 0 Å². The van der Waals surface area contributed by atoms with Crippen LogP contribution in [0.25, 0.3) is 0 Å². The van der Waals surface area contributed by atoms with Crippen molar-refractivity contribution < 1.29 is 19.0 Å². The molecule has 1 aliphatic carbocycles. The molecule has 2 aliphatic rings. The first-order valence-corrected chi connectivity index (χ1v) is 7.84. The molecule has 22 heavy (non-hydrogen) atoms. The van der Waals surface area contributed by atoms with Crippen LogP contribution < -0.4 is 9.47 Å². The van der Waals surface area contributed by atoms with Crippen LogP contribution in [-0.2, 0) is 4.74 Å². The second kappa shape index (κ2) is 6.57. The van der Waals surface area contributed by atoms with Crippen molar-refractivity contribution in [1.82, 2.24) is 4.90 Å². The minimum atomic E-state index is -0.0201. The summed E-state index contributed by atoms with van der Waals surface area (Å²) in [5.41, 5.74) is 0.546. The van der Waals surface area contributed by atoms with Gasteiger partial charge in [-0.15, -0.1) is 0 Å². The highest BCUT2D eigenvalue weighted by Gasteiger charge is 2.31. The number of hydrogen-bond acceptors (Lipinski definition) is 4. The summed E-state index contributed by atoms with van der Waals surface area (Å²) in [5, 5.41) is 0. The molecule has 1 aromatic carbocycles. The van der Waals surface area contributed by atoms with Gasteiger partial charge in [0.15, 0.2) is 11.5 Å². The second-order valence-electron chi connectivity index (χ2n) is 5.98. The molecule has 3 rings (SSSR count). The van der Waals surface area contributed by atoms with Crippen LogP contribution in [0.2, 0.25) is 0 Å². The summed E-state index contributed by atoms with van der Waals surface area (Å²) in [6.45, 7) is 2.23. The molecular formula is C17H23NO4. The van der Waals surface area contributed by atoms with E-state index in [-0.39, 0.29) is 12.0 Å². The van der Waals surface area contributed by atoms with Crippen LogP contribution >= 0.6 is 0 Å². The predicted molar refractivity (Wildman–Crippen MR) is 82.5 cm³/mol. The fourth-order valence-electron chi connectivity index (χ4n) is 2.83. The Balaban J connectivity index is 1.66. The number of methoxy groups -OCH3 is 2. The second-order valence-corrected chi connectivity index (χ2v) is 5.98. The van der Waals surface area contributed by atoms with Crippen LogP contribution in [0.5, 0.6) is 11.5 Å². The third-order valence-electron chi connectivity index (χ3n) is 4.33. The highest BCUT2D eigenvalue weighted by atomic mass is 16.5. The molecule has 1 heterocycles. The van der Waals surface area contributed by atoms with E-state index in [2.05, 4.69) is 0 Å². The minimum absolute atomic E-state index is 0.0201. The van der Waals surface area contributed by atoms with E-state index in [0.717, 1.165) is 25.5 Å². The van der Waals surface area contributed by atoms with E-state index < -0.39 is 0 Å². The van der Waals surface area contributed by atoms with E-state index in [1.807, 2.05) is 11.0 Å². The van der Waals surface area contributed by atoms with Gasteiger partial charge >= 0.3 is 0 Å². The molecule has 5 heteroatoms. The van der Waals surface area contributed by atoms with E-state index in [9.17, 15) is 4.79 Å². The summed E-state index contributed by atoms with van der Waals surface area (Å²) < 4.78 is 16.5. The zero-order valence-electron chi connectivity index (χ0n) is 13.2. The maximum Gasteiger partial charge on any atom is 0.257 e. The van der Waals surface area contributed by atoms with Crippen LogP contribution in [0.1, 0.15) is 29.6 Å². The normalized spacial score (nSPS) is 21.0. The molecule has 0 radical (unpaired) electrons. The van der Waals surface area contributed by atoms with Gasteiger partial charge in [0.05, 0.1) is 25.9 Å². The Bertz CT molecular complexity index is 541. The number of rotatable bonds is 6. The van der Waals surface area contributed by atoms with Gasteiger partial charge in [0.2, 0.25) is 0 Å². The Labute approximate surface area is 131 Å². The van der Waals surface area contributed by atoms with Gasteiger partial charge < -0.3 is 19.1 Å². The van der Waals surface area contributed by atoms with Gasteiger partial charge in [0.1, 0.15) is 0 Å². The van der Waals surface area contributed by atoms with Crippen LogP contribution in [0.4, 0.5) is 0 Å². The lowest BCUT2D eigenvalue weighted by Crippen LogP contribution is -2.30. The summed E-state index contributed by atoms with van der Waals surface area (Å²) in [7, 11) is 3.13. The number of carbonyl (C=O) groups is 1. The van der Waals surface area contributed by atoms with Crippen molar-refractivity contribution in [2.45, 2.75) is 25.4 Å². The molecule has 1 amide bonds. The molecule has 0 bridgehead atoms. The van der Waals surface area contributed by atoms with E-state index in [4.69, 9.17) is 14.2 Å². The number of amides is 1. The van der Waals surface area contributed by atoms with Gasteiger partial charge in [-0.2, -0.15) is 0 Å². The Morgan fingerprint density at radius 3 is 2.73 bits per heavy atom. The molecule has 2 fully saturated rings. The van der Waals surface area contributed by atoms with Crippen LogP contribution in [-0.4, -0.2) is 50.8 Å². The minimum Gasteiger partial charge on any atom is -0.493 e. The molecule has 0 spiro atoms. The average Bonchev–Trinajstić information content (AvgIpc) is 3.27. The molecule has 5 nitrogen and oxygen atoms in total. The molecule has 1 saturated carbocycles. The topological polar surface area (TPSA) is 48.0 Å². The first-order chi connectivity index (χ1) is 10.7. The summed E-state index contributed by atoms with van der Waals surface area (Å²) in [5.74, 6) is 1.81. The SMILES string of the molecule is COc1cccc(C(=O)N2CCC(OCC3CC3)C2)c1OC. The van der Waals surface area contributed by atoms with Crippen molar-refractivity contribution in [3.63, 3.8) is 0 Å². The molecule has 1 aliphatic heterocycles.